The molecule has 0 bridgehead atoms. The average Bonchev–Trinajstić information content (AvgIpc) is 3.25. The van der Waals surface area contributed by atoms with Crippen LogP contribution in [0.2, 0.25) is 0 Å². The van der Waals surface area contributed by atoms with Crippen LogP contribution < -0.4 is 10.2 Å². The van der Waals surface area contributed by atoms with Crippen LogP contribution >= 0.6 is 12.2 Å². The second-order valence-corrected chi connectivity index (χ2v) is 7.27. The number of carbonyl (C=O) groups excluding carboxylic acids is 2. The van der Waals surface area contributed by atoms with Gasteiger partial charge in [-0.2, -0.15) is 0 Å². The zero-order valence-corrected chi connectivity index (χ0v) is 17.5. The molecule has 4 rings (SSSR count). The molecule has 0 unspecified atom stereocenters. The number of thiocarbonyl (C=S) groups is 1. The Morgan fingerprint density at radius 1 is 1.03 bits per heavy atom. The molecule has 1 aliphatic heterocycles. The first kappa shape index (κ1) is 21.6. The first-order valence-electron chi connectivity index (χ1n) is 9.43. The van der Waals surface area contributed by atoms with E-state index in [1.807, 2.05) is 0 Å². The van der Waals surface area contributed by atoms with Gasteiger partial charge in [-0.1, -0.05) is 0 Å². The summed E-state index contributed by atoms with van der Waals surface area (Å²) in [6.45, 7) is 0. The number of rotatable bonds is 5. The van der Waals surface area contributed by atoms with Crippen molar-refractivity contribution in [1.82, 2.24) is 9.88 Å². The average molecular weight is 462 g/mol. The number of amides is 2. The first-order chi connectivity index (χ1) is 15.8. The maximum atomic E-state index is 13.2. The van der Waals surface area contributed by atoms with Crippen molar-refractivity contribution in [3.8, 4) is 5.69 Å². The van der Waals surface area contributed by atoms with Gasteiger partial charge in [0.15, 0.2) is 5.11 Å². The molecule has 33 heavy (non-hydrogen) atoms. The number of nitro benzene ring substituents is 1. The molecule has 1 fully saturated rings. The van der Waals surface area contributed by atoms with E-state index in [1.54, 1.807) is 35.0 Å². The fourth-order valence-corrected chi connectivity index (χ4v) is 3.56. The molecular weight excluding hydrogens is 448 g/mol. The number of anilines is 1. The normalized spacial score (nSPS) is 15.0. The molecule has 2 aromatic carbocycles. The van der Waals surface area contributed by atoms with E-state index in [4.69, 9.17) is 17.3 Å². The van der Waals surface area contributed by atoms with E-state index < -0.39 is 22.7 Å². The molecule has 3 aromatic rings. The van der Waals surface area contributed by atoms with E-state index in [-0.39, 0.29) is 21.9 Å². The van der Waals surface area contributed by atoms with Crippen LogP contribution in [0.1, 0.15) is 16.1 Å². The number of nitrogens with zero attached hydrogens (tertiary/aromatic N) is 3. The Kier molecular flexibility index (Phi) is 5.54. The molecule has 164 valence electrons. The van der Waals surface area contributed by atoms with Crippen LogP contribution in [0, 0.1) is 10.1 Å². The minimum absolute atomic E-state index is 0.0369. The Morgan fingerprint density at radius 2 is 1.67 bits per heavy atom. The standard InChI is InChI=1S/C22H14N4O6S/c27-19-18(12-17-2-1-11-24(17)14-7-9-16(10-8-14)26(31)32)20(28)25(22(33)23-19)15-5-3-13(4-6-15)21(29)30/h1-12H,(H,29,30)(H,23,27,33)/b18-12+. The number of aromatic carboxylic acids is 1. The summed E-state index contributed by atoms with van der Waals surface area (Å²) in [5.74, 6) is -2.47. The SMILES string of the molecule is O=C1NC(=S)N(c2ccc(C(=O)O)cc2)C(=O)/C1=C/c1cccn1-c1ccc([N+](=O)[O-])cc1. The van der Waals surface area contributed by atoms with Crippen LogP contribution in [0.5, 0.6) is 0 Å². The monoisotopic (exact) mass is 462 g/mol. The molecule has 1 aliphatic rings. The van der Waals surface area contributed by atoms with Crippen molar-refractivity contribution in [2.45, 2.75) is 0 Å². The molecule has 11 heteroatoms. The summed E-state index contributed by atoms with van der Waals surface area (Å²) < 4.78 is 1.66. The van der Waals surface area contributed by atoms with E-state index >= 15 is 0 Å². The Labute approximate surface area is 191 Å². The van der Waals surface area contributed by atoms with Gasteiger partial charge in [0, 0.05) is 29.7 Å². The predicted molar refractivity (Wildman–Crippen MR) is 122 cm³/mol. The zero-order chi connectivity index (χ0) is 23.7. The summed E-state index contributed by atoms with van der Waals surface area (Å²) in [6, 6.07) is 14.7. The Balaban J connectivity index is 1.69. The highest BCUT2D eigenvalue weighted by Gasteiger charge is 2.34. The van der Waals surface area contributed by atoms with Crippen LogP contribution in [0.4, 0.5) is 11.4 Å². The smallest absolute Gasteiger partial charge is 0.335 e. The van der Waals surface area contributed by atoms with Crippen molar-refractivity contribution >= 4 is 52.6 Å². The fourth-order valence-electron chi connectivity index (χ4n) is 3.27. The van der Waals surface area contributed by atoms with Gasteiger partial charge in [-0.15, -0.1) is 0 Å². The lowest BCUT2D eigenvalue weighted by molar-refractivity contribution is -0.384. The summed E-state index contributed by atoms with van der Waals surface area (Å²) in [7, 11) is 0. The number of carboxylic acids is 1. The Hall–Kier alpha value is -4.64. The molecule has 2 heterocycles. The van der Waals surface area contributed by atoms with E-state index in [0.29, 0.717) is 17.1 Å². The van der Waals surface area contributed by atoms with Crippen molar-refractivity contribution in [1.29, 1.82) is 0 Å². The van der Waals surface area contributed by atoms with Crippen LogP contribution in [-0.4, -0.2) is 37.5 Å². The van der Waals surface area contributed by atoms with Crippen molar-refractivity contribution in [3.63, 3.8) is 0 Å². The number of carboxylic acid groups (broad SMARTS) is 1. The zero-order valence-electron chi connectivity index (χ0n) is 16.7. The molecule has 0 saturated carbocycles. The summed E-state index contributed by atoms with van der Waals surface area (Å²) >= 11 is 5.15. The fraction of sp³-hybridized carbons (Fsp3) is 0. The third-order valence-corrected chi connectivity index (χ3v) is 5.17. The van der Waals surface area contributed by atoms with Gasteiger partial charge >= 0.3 is 5.97 Å². The van der Waals surface area contributed by atoms with Crippen LogP contribution in [0.15, 0.2) is 72.4 Å². The molecule has 2 N–H and O–H groups in total. The second kappa shape index (κ2) is 8.48. The largest absolute Gasteiger partial charge is 0.478 e. The highest BCUT2D eigenvalue weighted by atomic mass is 32.1. The summed E-state index contributed by atoms with van der Waals surface area (Å²) in [4.78, 5) is 48.3. The van der Waals surface area contributed by atoms with E-state index in [1.165, 1.54) is 42.5 Å². The maximum absolute atomic E-state index is 13.2. The number of non-ortho nitro benzene ring substituents is 1. The molecular formula is C22H14N4O6S. The van der Waals surface area contributed by atoms with Gasteiger partial charge < -0.3 is 9.67 Å². The molecule has 0 aliphatic carbocycles. The molecule has 0 radical (unpaired) electrons. The van der Waals surface area contributed by atoms with E-state index in [9.17, 15) is 24.5 Å². The van der Waals surface area contributed by atoms with Gasteiger partial charge in [0.1, 0.15) is 5.57 Å². The Bertz CT molecular complexity index is 1340. The lowest BCUT2D eigenvalue weighted by atomic mass is 10.1. The van der Waals surface area contributed by atoms with E-state index in [2.05, 4.69) is 5.32 Å². The van der Waals surface area contributed by atoms with Gasteiger partial charge in [0.2, 0.25) is 0 Å². The van der Waals surface area contributed by atoms with Gasteiger partial charge in [-0.3, -0.25) is 29.9 Å². The number of hydrogen-bond acceptors (Lipinski definition) is 6. The van der Waals surface area contributed by atoms with Crippen LogP contribution in [0.25, 0.3) is 11.8 Å². The third kappa shape index (κ3) is 4.12. The third-order valence-electron chi connectivity index (χ3n) is 4.89. The van der Waals surface area contributed by atoms with Crippen molar-refractivity contribution in [2.24, 2.45) is 0 Å². The lowest BCUT2D eigenvalue weighted by Gasteiger charge is -2.29. The van der Waals surface area contributed by atoms with Gasteiger partial charge in [-0.05, 0) is 66.8 Å². The topological polar surface area (TPSA) is 135 Å². The Morgan fingerprint density at radius 3 is 2.27 bits per heavy atom. The molecule has 0 atom stereocenters. The van der Waals surface area contributed by atoms with Crippen molar-refractivity contribution in [2.75, 3.05) is 4.90 Å². The highest BCUT2D eigenvalue weighted by molar-refractivity contribution is 7.80. The van der Waals surface area contributed by atoms with E-state index in [0.717, 1.165) is 4.90 Å². The maximum Gasteiger partial charge on any atom is 0.335 e. The lowest BCUT2D eigenvalue weighted by Crippen LogP contribution is -2.54. The second-order valence-electron chi connectivity index (χ2n) is 6.89. The molecule has 1 saturated heterocycles. The predicted octanol–water partition coefficient (Wildman–Crippen LogP) is 2.92. The number of aromatic nitrogens is 1. The number of carbonyl (C=O) groups is 3. The van der Waals surface area contributed by atoms with Crippen LogP contribution in [0.3, 0.4) is 0 Å². The number of nitro groups is 1. The quantitative estimate of drug-likeness (QED) is 0.196. The first-order valence-corrected chi connectivity index (χ1v) is 9.84. The van der Waals surface area contributed by atoms with Crippen molar-refractivity contribution in [3.05, 3.63) is 93.8 Å². The molecule has 0 spiro atoms. The van der Waals surface area contributed by atoms with Gasteiger partial charge in [-0.25, -0.2) is 4.79 Å². The van der Waals surface area contributed by atoms with Crippen LogP contribution in [-0.2, 0) is 9.59 Å². The van der Waals surface area contributed by atoms with Gasteiger partial charge in [0.25, 0.3) is 17.5 Å². The molecule has 2 amide bonds. The summed E-state index contributed by atoms with van der Waals surface area (Å²) in [6.07, 6.45) is 3.07. The number of benzene rings is 2. The summed E-state index contributed by atoms with van der Waals surface area (Å²) in [5, 5.41) is 22.3. The minimum atomic E-state index is -1.12. The number of nitrogens with one attached hydrogen (secondary N) is 1. The van der Waals surface area contributed by atoms with Gasteiger partial charge in [0.05, 0.1) is 16.2 Å². The highest BCUT2D eigenvalue weighted by Crippen LogP contribution is 2.24. The summed E-state index contributed by atoms with van der Waals surface area (Å²) in [5.41, 5.74) is 1.16. The van der Waals surface area contributed by atoms with Crippen molar-refractivity contribution < 1.29 is 24.4 Å². The minimum Gasteiger partial charge on any atom is -0.478 e. The number of hydrogen-bond donors (Lipinski definition) is 2. The molecule has 1 aromatic heterocycles. The molecule has 10 nitrogen and oxygen atoms in total.